The third kappa shape index (κ3) is 3.86. The number of ether oxygens (including phenoxy) is 1. The number of benzene rings is 2. The number of phenolic OH excluding ortho intramolecular Hbond substituents is 1. The van der Waals surface area contributed by atoms with Crippen LogP contribution in [0.2, 0.25) is 0 Å². The minimum atomic E-state index is -3.75. The minimum absolute atomic E-state index is 0.0583. The van der Waals surface area contributed by atoms with Crippen LogP contribution in [0.3, 0.4) is 0 Å². The summed E-state index contributed by atoms with van der Waals surface area (Å²) >= 11 is 0. The van der Waals surface area contributed by atoms with Crippen molar-refractivity contribution in [2.24, 2.45) is 0 Å². The number of rotatable bonds is 5. The van der Waals surface area contributed by atoms with Crippen LogP contribution in [-0.2, 0) is 9.84 Å². The summed E-state index contributed by atoms with van der Waals surface area (Å²) in [6.45, 7) is 0. The standard InChI is InChI=1S/C15H13NO6S/c1-22-15-7-2-11(10-14(15)17)8-9-23(20,21)13-5-3-12(4-6-13)16(18)19/h2-10,17H,1H3/b9-8+. The molecular formula is C15H13NO6S. The lowest BCUT2D eigenvalue weighted by Crippen LogP contribution is -1.96. The largest absolute Gasteiger partial charge is 0.504 e. The molecule has 23 heavy (non-hydrogen) atoms. The summed E-state index contributed by atoms with van der Waals surface area (Å²) in [5, 5.41) is 21.2. The zero-order valence-electron chi connectivity index (χ0n) is 12.0. The van der Waals surface area contributed by atoms with Crippen LogP contribution >= 0.6 is 0 Å². The minimum Gasteiger partial charge on any atom is -0.504 e. The molecule has 0 saturated carbocycles. The van der Waals surface area contributed by atoms with Crippen molar-refractivity contribution in [2.75, 3.05) is 7.11 Å². The zero-order valence-corrected chi connectivity index (χ0v) is 12.9. The van der Waals surface area contributed by atoms with Crippen molar-refractivity contribution in [3.8, 4) is 11.5 Å². The Morgan fingerprint density at radius 3 is 2.35 bits per heavy atom. The fraction of sp³-hybridized carbons (Fsp3) is 0.0667. The summed E-state index contributed by atoms with van der Waals surface area (Å²) in [5.41, 5.74) is 0.279. The van der Waals surface area contributed by atoms with Crippen LogP contribution in [0.4, 0.5) is 5.69 Å². The van der Waals surface area contributed by atoms with E-state index in [1.807, 2.05) is 0 Å². The van der Waals surface area contributed by atoms with Gasteiger partial charge in [0.2, 0.25) is 0 Å². The maximum Gasteiger partial charge on any atom is 0.269 e. The molecule has 0 aliphatic rings. The molecule has 0 unspecified atom stereocenters. The van der Waals surface area contributed by atoms with Crippen molar-refractivity contribution >= 4 is 21.6 Å². The summed E-state index contributed by atoms with van der Waals surface area (Å²) in [5.74, 6) is 0.169. The average molecular weight is 335 g/mol. The molecule has 0 bridgehead atoms. The van der Waals surface area contributed by atoms with E-state index in [0.717, 1.165) is 17.5 Å². The molecule has 8 heteroatoms. The number of non-ortho nitro benzene ring substituents is 1. The molecule has 0 radical (unpaired) electrons. The van der Waals surface area contributed by atoms with Gasteiger partial charge in [0, 0.05) is 17.5 Å². The smallest absolute Gasteiger partial charge is 0.269 e. The van der Waals surface area contributed by atoms with Crippen molar-refractivity contribution in [1.82, 2.24) is 0 Å². The third-order valence-corrected chi connectivity index (χ3v) is 4.44. The number of hydrogen-bond donors (Lipinski definition) is 1. The molecule has 2 rings (SSSR count). The van der Waals surface area contributed by atoms with Gasteiger partial charge in [-0.15, -0.1) is 0 Å². The lowest BCUT2D eigenvalue weighted by molar-refractivity contribution is -0.384. The van der Waals surface area contributed by atoms with Crippen LogP contribution in [0.15, 0.2) is 52.8 Å². The fourth-order valence-corrected chi connectivity index (χ4v) is 2.82. The number of sulfone groups is 1. The Hall–Kier alpha value is -2.87. The Kier molecular flexibility index (Phi) is 4.65. The monoisotopic (exact) mass is 335 g/mol. The predicted molar refractivity (Wildman–Crippen MR) is 84.0 cm³/mol. The van der Waals surface area contributed by atoms with E-state index in [9.17, 15) is 23.6 Å². The van der Waals surface area contributed by atoms with E-state index in [1.54, 1.807) is 6.07 Å². The lowest BCUT2D eigenvalue weighted by Gasteiger charge is -2.03. The highest BCUT2D eigenvalue weighted by atomic mass is 32.2. The van der Waals surface area contributed by atoms with Crippen LogP contribution in [0.25, 0.3) is 6.08 Å². The van der Waals surface area contributed by atoms with Crippen molar-refractivity contribution in [2.45, 2.75) is 4.90 Å². The van der Waals surface area contributed by atoms with Gasteiger partial charge < -0.3 is 9.84 Å². The Labute approximate surface area is 132 Å². The lowest BCUT2D eigenvalue weighted by atomic mass is 10.2. The van der Waals surface area contributed by atoms with Crippen LogP contribution in [-0.4, -0.2) is 25.6 Å². The first-order valence-electron chi connectivity index (χ1n) is 6.38. The number of nitro benzene ring substituents is 1. The maximum atomic E-state index is 12.2. The van der Waals surface area contributed by atoms with Gasteiger partial charge in [0.1, 0.15) is 0 Å². The average Bonchev–Trinajstić information content (AvgIpc) is 2.53. The number of nitrogens with zero attached hydrogens (tertiary/aromatic N) is 1. The number of phenols is 1. The predicted octanol–water partition coefficient (Wildman–Crippen LogP) is 2.75. The van der Waals surface area contributed by atoms with Gasteiger partial charge in [0.05, 0.1) is 16.9 Å². The molecule has 0 aromatic heterocycles. The van der Waals surface area contributed by atoms with Crippen molar-refractivity contribution in [3.63, 3.8) is 0 Å². The van der Waals surface area contributed by atoms with Gasteiger partial charge in [-0.3, -0.25) is 10.1 Å². The molecule has 0 aliphatic carbocycles. The van der Waals surface area contributed by atoms with E-state index in [-0.39, 0.29) is 22.1 Å². The van der Waals surface area contributed by atoms with Gasteiger partial charge in [-0.05, 0) is 35.9 Å². The van der Waals surface area contributed by atoms with Crippen LogP contribution < -0.4 is 4.74 Å². The third-order valence-electron chi connectivity index (χ3n) is 3.02. The van der Waals surface area contributed by atoms with E-state index >= 15 is 0 Å². The molecule has 0 saturated heterocycles. The van der Waals surface area contributed by atoms with Gasteiger partial charge in [0.25, 0.3) is 5.69 Å². The Morgan fingerprint density at radius 1 is 1.17 bits per heavy atom. The van der Waals surface area contributed by atoms with Gasteiger partial charge in [-0.1, -0.05) is 6.07 Å². The highest BCUT2D eigenvalue weighted by Crippen LogP contribution is 2.27. The number of nitro groups is 1. The summed E-state index contributed by atoms with van der Waals surface area (Å²) in [4.78, 5) is 9.90. The SMILES string of the molecule is COc1ccc(/C=C/S(=O)(=O)c2ccc([N+](=O)[O-])cc2)cc1O. The quantitative estimate of drug-likeness (QED) is 0.665. The molecule has 2 aromatic rings. The van der Waals surface area contributed by atoms with Crippen molar-refractivity contribution in [3.05, 3.63) is 63.6 Å². The number of aromatic hydroxyl groups is 1. The van der Waals surface area contributed by atoms with E-state index in [0.29, 0.717) is 5.56 Å². The van der Waals surface area contributed by atoms with Gasteiger partial charge >= 0.3 is 0 Å². The van der Waals surface area contributed by atoms with E-state index in [2.05, 4.69) is 0 Å². The molecule has 0 heterocycles. The maximum absolute atomic E-state index is 12.2. The summed E-state index contributed by atoms with van der Waals surface area (Å²) in [6, 6.07) is 9.04. The van der Waals surface area contributed by atoms with Gasteiger partial charge in [-0.25, -0.2) is 8.42 Å². The Morgan fingerprint density at radius 2 is 1.83 bits per heavy atom. The second kappa shape index (κ2) is 6.49. The second-order valence-corrected chi connectivity index (χ2v) is 6.36. The molecule has 0 fully saturated rings. The normalized spacial score (nSPS) is 11.5. The van der Waals surface area contributed by atoms with E-state index < -0.39 is 14.8 Å². The topological polar surface area (TPSA) is 107 Å². The molecule has 120 valence electrons. The first-order chi connectivity index (χ1) is 10.8. The van der Waals surface area contributed by atoms with Crippen LogP contribution in [0, 0.1) is 10.1 Å². The number of methoxy groups -OCH3 is 1. The van der Waals surface area contributed by atoms with Gasteiger partial charge in [0.15, 0.2) is 21.3 Å². The van der Waals surface area contributed by atoms with Gasteiger partial charge in [-0.2, -0.15) is 0 Å². The molecule has 0 atom stereocenters. The molecule has 7 nitrogen and oxygen atoms in total. The summed E-state index contributed by atoms with van der Waals surface area (Å²) in [7, 11) is -2.34. The Balaban J connectivity index is 2.26. The molecular weight excluding hydrogens is 322 g/mol. The fourth-order valence-electron chi connectivity index (χ4n) is 1.81. The highest BCUT2D eigenvalue weighted by molar-refractivity contribution is 7.94. The Bertz CT molecular complexity index is 856. The second-order valence-electron chi connectivity index (χ2n) is 4.53. The first kappa shape index (κ1) is 16.5. The summed E-state index contributed by atoms with van der Waals surface area (Å²) < 4.78 is 29.2. The molecule has 1 N–H and O–H groups in total. The van der Waals surface area contributed by atoms with Crippen LogP contribution in [0.5, 0.6) is 11.5 Å². The molecule has 0 amide bonds. The molecule has 2 aromatic carbocycles. The summed E-state index contributed by atoms with van der Waals surface area (Å²) in [6.07, 6.45) is 1.32. The van der Waals surface area contributed by atoms with E-state index in [4.69, 9.17) is 4.74 Å². The molecule has 0 aliphatic heterocycles. The number of hydrogen-bond acceptors (Lipinski definition) is 6. The van der Waals surface area contributed by atoms with Crippen LogP contribution in [0.1, 0.15) is 5.56 Å². The highest BCUT2D eigenvalue weighted by Gasteiger charge is 2.13. The molecule has 0 spiro atoms. The van der Waals surface area contributed by atoms with Crippen molar-refractivity contribution < 1.29 is 23.2 Å². The first-order valence-corrected chi connectivity index (χ1v) is 7.93. The van der Waals surface area contributed by atoms with E-state index in [1.165, 1.54) is 37.5 Å². The van der Waals surface area contributed by atoms with Crippen molar-refractivity contribution in [1.29, 1.82) is 0 Å². The zero-order chi connectivity index (χ0) is 17.0.